The third kappa shape index (κ3) is 2.75. The molecule has 0 spiro atoms. The molecule has 2 rings (SSSR count). The van der Waals surface area contributed by atoms with E-state index in [2.05, 4.69) is 45.5 Å². The predicted octanol–water partition coefficient (Wildman–Crippen LogP) is 3.22. The van der Waals surface area contributed by atoms with Crippen LogP contribution in [0.25, 0.3) is 0 Å². The maximum atomic E-state index is 3.58. The summed E-state index contributed by atoms with van der Waals surface area (Å²) in [7, 11) is 0. The molecule has 0 amide bonds. The number of benzene rings is 1. The number of rotatable bonds is 1. The van der Waals surface area contributed by atoms with Gasteiger partial charge in [-0.15, -0.1) is 0 Å². The van der Waals surface area contributed by atoms with Gasteiger partial charge in [-0.05, 0) is 36.4 Å². The van der Waals surface area contributed by atoms with E-state index in [0.717, 1.165) is 6.54 Å². The Bertz CT molecular complexity index is 295. The summed E-state index contributed by atoms with van der Waals surface area (Å²) in [6.07, 6.45) is 1.29. The van der Waals surface area contributed by atoms with Gasteiger partial charge in [0.05, 0.1) is 0 Å². The molecule has 1 heterocycles. The van der Waals surface area contributed by atoms with Gasteiger partial charge in [-0.3, -0.25) is 0 Å². The van der Waals surface area contributed by atoms with E-state index in [1.807, 2.05) is 11.8 Å². The summed E-state index contributed by atoms with van der Waals surface area (Å²) in [4.78, 5) is 0. The van der Waals surface area contributed by atoms with Gasteiger partial charge in [-0.25, -0.2) is 0 Å². The highest BCUT2D eigenvalue weighted by Gasteiger charge is 2.13. The lowest BCUT2D eigenvalue weighted by Gasteiger charge is -2.15. The van der Waals surface area contributed by atoms with Crippen molar-refractivity contribution in [3.05, 3.63) is 34.3 Å². The van der Waals surface area contributed by atoms with Crippen LogP contribution in [-0.4, -0.2) is 18.1 Å². The number of thioether (sulfide) groups is 1. The second kappa shape index (κ2) is 5.19. The van der Waals surface area contributed by atoms with Gasteiger partial charge in [0, 0.05) is 16.3 Å². The van der Waals surface area contributed by atoms with Crippen LogP contribution in [0.15, 0.2) is 28.7 Å². The molecule has 3 heteroatoms. The van der Waals surface area contributed by atoms with E-state index in [1.54, 1.807) is 0 Å². The fourth-order valence-corrected chi connectivity index (χ4v) is 3.13. The summed E-state index contributed by atoms with van der Waals surface area (Å²) in [6, 6.07) is 9.13. The average Bonchev–Trinajstić information content (AvgIpc) is 2.45. The molecule has 1 aromatic carbocycles. The van der Waals surface area contributed by atoms with Gasteiger partial charge < -0.3 is 5.32 Å². The molecule has 1 fully saturated rings. The van der Waals surface area contributed by atoms with E-state index < -0.39 is 0 Å². The monoisotopic (exact) mass is 271 g/mol. The minimum Gasteiger partial charge on any atom is -0.309 e. The summed E-state index contributed by atoms with van der Waals surface area (Å²) < 4.78 is 1.17. The maximum Gasteiger partial charge on any atom is 0.0412 e. The molecular weight excluding hydrogens is 258 g/mol. The van der Waals surface area contributed by atoms with E-state index >= 15 is 0 Å². The van der Waals surface area contributed by atoms with Crippen LogP contribution in [0.5, 0.6) is 0 Å². The van der Waals surface area contributed by atoms with Crippen LogP contribution in [-0.2, 0) is 0 Å². The summed E-state index contributed by atoms with van der Waals surface area (Å²) in [6.45, 7) is 1.14. The molecule has 1 aliphatic rings. The van der Waals surface area contributed by atoms with Gasteiger partial charge in [-0.2, -0.15) is 11.8 Å². The fourth-order valence-electron chi connectivity index (χ4n) is 1.65. The van der Waals surface area contributed by atoms with Crippen LogP contribution < -0.4 is 5.32 Å². The normalized spacial score (nSPS) is 23.1. The smallest absolute Gasteiger partial charge is 0.0412 e. The SMILES string of the molecule is Brc1cccc(C2CSCCCN2)c1. The Labute approximate surface area is 97.8 Å². The summed E-state index contributed by atoms with van der Waals surface area (Å²) in [5.41, 5.74) is 1.40. The second-order valence-corrected chi connectivity index (χ2v) is 5.56. The molecule has 76 valence electrons. The van der Waals surface area contributed by atoms with Gasteiger partial charge in [-0.1, -0.05) is 28.1 Å². The summed E-state index contributed by atoms with van der Waals surface area (Å²) in [5, 5.41) is 3.58. The average molecular weight is 272 g/mol. The Morgan fingerprint density at radius 3 is 3.21 bits per heavy atom. The molecule has 1 aliphatic heterocycles. The maximum absolute atomic E-state index is 3.58. The topological polar surface area (TPSA) is 12.0 Å². The quantitative estimate of drug-likeness (QED) is 0.842. The van der Waals surface area contributed by atoms with Crippen molar-refractivity contribution in [1.29, 1.82) is 0 Å². The molecule has 0 aliphatic carbocycles. The number of hydrogen-bond acceptors (Lipinski definition) is 2. The van der Waals surface area contributed by atoms with Crippen molar-refractivity contribution in [2.24, 2.45) is 0 Å². The molecule has 0 saturated carbocycles. The van der Waals surface area contributed by atoms with Crippen LogP contribution >= 0.6 is 27.7 Å². The Morgan fingerprint density at radius 1 is 1.43 bits per heavy atom. The molecule has 14 heavy (non-hydrogen) atoms. The van der Waals surface area contributed by atoms with Crippen LogP contribution in [0, 0.1) is 0 Å². The van der Waals surface area contributed by atoms with Crippen LogP contribution in [0.2, 0.25) is 0 Å². The van der Waals surface area contributed by atoms with Crippen molar-refractivity contribution in [2.45, 2.75) is 12.5 Å². The molecule has 1 unspecified atom stereocenters. The molecule has 0 bridgehead atoms. The van der Waals surface area contributed by atoms with Crippen molar-refractivity contribution in [2.75, 3.05) is 18.1 Å². The summed E-state index contributed by atoms with van der Waals surface area (Å²) in [5.74, 6) is 2.48. The zero-order chi connectivity index (χ0) is 9.80. The standard InChI is InChI=1S/C11H14BrNS/c12-10-4-1-3-9(7-10)11-8-14-6-2-5-13-11/h1,3-4,7,11,13H,2,5-6,8H2. The fraction of sp³-hybridized carbons (Fsp3) is 0.455. The van der Waals surface area contributed by atoms with Gasteiger partial charge in [0.15, 0.2) is 0 Å². The molecule has 1 nitrogen and oxygen atoms in total. The van der Waals surface area contributed by atoms with Crippen molar-refractivity contribution >= 4 is 27.7 Å². The molecule has 1 aromatic rings. The molecule has 0 radical (unpaired) electrons. The van der Waals surface area contributed by atoms with Crippen molar-refractivity contribution in [3.63, 3.8) is 0 Å². The van der Waals surface area contributed by atoms with Gasteiger partial charge in [0.2, 0.25) is 0 Å². The highest BCUT2D eigenvalue weighted by atomic mass is 79.9. The number of nitrogens with one attached hydrogen (secondary N) is 1. The van der Waals surface area contributed by atoms with Crippen molar-refractivity contribution < 1.29 is 0 Å². The minimum atomic E-state index is 0.528. The van der Waals surface area contributed by atoms with Crippen LogP contribution in [0.4, 0.5) is 0 Å². The van der Waals surface area contributed by atoms with E-state index in [0.29, 0.717) is 6.04 Å². The zero-order valence-corrected chi connectivity index (χ0v) is 10.4. The molecule has 1 saturated heterocycles. The number of hydrogen-bond donors (Lipinski definition) is 1. The first-order valence-corrected chi connectivity index (χ1v) is 6.87. The largest absolute Gasteiger partial charge is 0.309 e. The third-order valence-corrected chi connectivity index (χ3v) is 4.03. The highest BCUT2D eigenvalue weighted by molar-refractivity contribution is 9.10. The van der Waals surface area contributed by atoms with Crippen molar-refractivity contribution in [1.82, 2.24) is 5.32 Å². The third-order valence-electron chi connectivity index (χ3n) is 2.39. The highest BCUT2D eigenvalue weighted by Crippen LogP contribution is 2.23. The van der Waals surface area contributed by atoms with Gasteiger partial charge >= 0.3 is 0 Å². The molecule has 1 atom stereocenters. The van der Waals surface area contributed by atoms with Crippen LogP contribution in [0.3, 0.4) is 0 Å². The van der Waals surface area contributed by atoms with E-state index in [-0.39, 0.29) is 0 Å². The molecular formula is C11H14BrNS. The first kappa shape index (κ1) is 10.5. The Kier molecular flexibility index (Phi) is 3.90. The zero-order valence-electron chi connectivity index (χ0n) is 8.00. The number of halogens is 1. The van der Waals surface area contributed by atoms with Gasteiger partial charge in [0.1, 0.15) is 0 Å². The lowest BCUT2D eigenvalue weighted by Crippen LogP contribution is -2.22. The molecule has 1 N–H and O–H groups in total. The molecule has 0 aromatic heterocycles. The first-order valence-electron chi connectivity index (χ1n) is 4.93. The van der Waals surface area contributed by atoms with Crippen LogP contribution in [0.1, 0.15) is 18.0 Å². The Hall–Kier alpha value is 0.01000. The van der Waals surface area contributed by atoms with E-state index in [9.17, 15) is 0 Å². The first-order chi connectivity index (χ1) is 6.86. The second-order valence-electron chi connectivity index (χ2n) is 3.49. The lowest BCUT2D eigenvalue weighted by molar-refractivity contribution is 0.589. The van der Waals surface area contributed by atoms with E-state index in [4.69, 9.17) is 0 Å². The minimum absolute atomic E-state index is 0.528. The van der Waals surface area contributed by atoms with Crippen molar-refractivity contribution in [3.8, 4) is 0 Å². The summed E-state index contributed by atoms with van der Waals surface area (Å²) >= 11 is 5.56. The van der Waals surface area contributed by atoms with E-state index in [1.165, 1.54) is 28.0 Å². The van der Waals surface area contributed by atoms with Gasteiger partial charge in [0.25, 0.3) is 0 Å². The Balaban J connectivity index is 2.12. The lowest BCUT2D eigenvalue weighted by atomic mass is 10.1. The Morgan fingerprint density at radius 2 is 2.36 bits per heavy atom. The predicted molar refractivity (Wildman–Crippen MR) is 66.8 cm³/mol.